The summed E-state index contributed by atoms with van der Waals surface area (Å²) in [6.45, 7) is 0. The van der Waals surface area contributed by atoms with Gasteiger partial charge in [-0.2, -0.15) is 5.10 Å². The van der Waals surface area contributed by atoms with Gasteiger partial charge in [0.1, 0.15) is 0 Å². The molecule has 0 spiro atoms. The fraction of sp³-hybridized carbons (Fsp3) is 0.0455. The van der Waals surface area contributed by atoms with Crippen LogP contribution in [0.2, 0.25) is 0 Å². The smallest absolute Gasteiger partial charge is 0.200 e. The highest BCUT2D eigenvalue weighted by Gasteiger charge is 2.13. The van der Waals surface area contributed by atoms with Crippen LogP contribution in [-0.4, -0.2) is 15.9 Å². The maximum atomic E-state index is 10.5. The number of para-hydroxylation sites is 3. The van der Waals surface area contributed by atoms with E-state index in [-0.39, 0.29) is 5.88 Å². The minimum absolute atomic E-state index is 0.205. The van der Waals surface area contributed by atoms with Crippen molar-refractivity contribution in [3.8, 4) is 5.88 Å². The van der Waals surface area contributed by atoms with Crippen molar-refractivity contribution in [1.29, 1.82) is 0 Å². The van der Waals surface area contributed by atoms with Crippen LogP contribution in [-0.2, 0) is 7.05 Å². The van der Waals surface area contributed by atoms with Crippen LogP contribution in [0.15, 0.2) is 90.0 Å². The normalized spacial score (nSPS) is 11.3. The van der Waals surface area contributed by atoms with Gasteiger partial charge in [0.25, 0.3) is 0 Å². The number of benzene rings is 3. The van der Waals surface area contributed by atoms with E-state index in [0.29, 0.717) is 5.56 Å². The molecule has 0 saturated carbocycles. The van der Waals surface area contributed by atoms with E-state index in [0.717, 1.165) is 22.3 Å². The lowest BCUT2D eigenvalue weighted by atomic mass is 10.2. The Morgan fingerprint density at radius 1 is 0.808 bits per heavy atom. The summed E-state index contributed by atoms with van der Waals surface area (Å²) < 4.78 is 1.77. The van der Waals surface area contributed by atoms with E-state index < -0.39 is 0 Å². The van der Waals surface area contributed by atoms with Gasteiger partial charge in [0.15, 0.2) is 0 Å². The Bertz CT molecular complexity index is 1010. The van der Waals surface area contributed by atoms with E-state index in [1.807, 2.05) is 97.0 Å². The Labute approximate surface area is 152 Å². The average molecular weight is 341 g/mol. The lowest BCUT2D eigenvalue weighted by molar-refractivity contribution is 0.434. The first-order valence-corrected chi connectivity index (χ1v) is 8.46. The quantitative estimate of drug-likeness (QED) is 0.416. The number of hydrogen-bond donors (Lipinski definition) is 1. The van der Waals surface area contributed by atoms with E-state index in [4.69, 9.17) is 5.10 Å². The second-order valence-electron chi connectivity index (χ2n) is 6.04. The van der Waals surface area contributed by atoms with E-state index in [9.17, 15) is 5.11 Å². The van der Waals surface area contributed by atoms with Gasteiger partial charge < -0.3 is 9.67 Å². The molecule has 26 heavy (non-hydrogen) atoms. The van der Waals surface area contributed by atoms with Crippen molar-refractivity contribution in [2.75, 3.05) is 5.01 Å². The van der Waals surface area contributed by atoms with E-state index in [1.165, 1.54) is 0 Å². The summed E-state index contributed by atoms with van der Waals surface area (Å²) in [5.74, 6) is 0.205. The minimum atomic E-state index is 0.205. The summed E-state index contributed by atoms with van der Waals surface area (Å²) in [5.41, 5.74) is 3.58. The van der Waals surface area contributed by atoms with Crippen LogP contribution < -0.4 is 5.01 Å². The zero-order valence-electron chi connectivity index (χ0n) is 14.4. The zero-order valence-corrected chi connectivity index (χ0v) is 14.4. The van der Waals surface area contributed by atoms with Crippen molar-refractivity contribution in [2.45, 2.75) is 0 Å². The van der Waals surface area contributed by atoms with E-state index >= 15 is 0 Å². The van der Waals surface area contributed by atoms with Gasteiger partial charge >= 0.3 is 0 Å². The predicted molar refractivity (Wildman–Crippen MR) is 107 cm³/mol. The Kier molecular flexibility index (Phi) is 4.15. The van der Waals surface area contributed by atoms with Crippen LogP contribution in [0.1, 0.15) is 5.56 Å². The number of anilines is 2. The van der Waals surface area contributed by atoms with Gasteiger partial charge in [-0.1, -0.05) is 54.6 Å². The highest BCUT2D eigenvalue weighted by molar-refractivity contribution is 6.02. The van der Waals surface area contributed by atoms with E-state index in [2.05, 4.69) is 0 Å². The largest absolute Gasteiger partial charge is 0.494 e. The second-order valence-corrected chi connectivity index (χ2v) is 6.04. The van der Waals surface area contributed by atoms with Gasteiger partial charge in [-0.15, -0.1) is 0 Å². The molecule has 4 heteroatoms. The third-order valence-electron chi connectivity index (χ3n) is 4.42. The summed E-state index contributed by atoms with van der Waals surface area (Å²) in [7, 11) is 1.85. The molecule has 0 aliphatic rings. The van der Waals surface area contributed by atoms with Gasteiger partial charge in [0.2, 0.25) is 5.88 Å². The molecule has 0 aliphatic heterocycles. The standard InChI is InChI=1S/C22H19N3O/c1-24-21-15-9-8-14-19(21)20(22(24)26)16-23-25(17-10-4-2-5-11-17)18-12-6-3-7-13-18/h2-16,26H,1H3/b23-16+. The molecule has 0 fully saturated rings. The summed E-state index contributed by atoms with van der Waals surface area (Å²) in [6, 6.07) is 27.8. The van der Waals surface area contributed by atoms with Gasteiger partial charge in [-0.25, -0.2) is 5.01 Å². The highest BCUT2D eigenvalue weighted by atomic mass is 16.3. The molecule has 0 atom stereocenters. The molecule has 1 aromatic heterocycles. The van der Waals surface area contributed by atoms with Gasteiger partial charge in [-0.05, 0) is 30.3 Å². The molecule has 1 N–H and O–H groups in total. The van der Waals surface area contributed by atoms with Crippen molar-refractivity contribution in [1.82, 2.24) is 4.57 Å². The van der Waals surface area contributed by atoms with Crippen LogP contribution in [0.5, 0.6) is 5.88 Å². The third-order valence-corrected chi connectivity index (χ3v) is 4.42. The Hall–Kier alpha value is -3.53. The summed E-state index contributed by atoms with van der Waals surface area (Å²) in [4.78, 5) is 0. The van der Waals surface area contributed by atoms with Crippen molar-refractivity contribution in [3.63, 3.8) is 0 Å². The first-order valence-electron chi connectivity index (χ1n) is 8.46. The van der Waals surface area contributed by atoms with Crippen LogP contribution >= 0.6 is 0 Å². The maximum absolute atomic E-state index is 10.5. The number of aromatic nitrogens is 1. The number of fused-ring (bicyclic) bond motifs is 1. The average Bonchev–Trinajstić information content (AvgIpc) is 2.95. The molecule has 128 valence electrons. The van der Waals surface area contributed by atoms with Crippen molar-refractivity contribution in [2.24, 2.45) is 12.1 Å². The first kappa shape index (κ1) is 16.0. The van der Waals surface area contributed by atoms with E-state index in [1.54, 1.807) is 10.8 Å². The molecular formula is C22H19N3O. The fourth-order valence-corrected chi connectivity index (χ4v) is 3.07. The molecule has 0 bridgehead atoms. The number of aromatic hydroxyl groups is 1. The van der Waals surface area contributed by atoms with Crippen molar-refractivity contribution >= 4 is 28.5 Å². The molecule has 3 aromatic carbocycles. The third kappa shape index (κ3) is 2.82. The highest BCUT2D eigenvalue weighted by Crippen LogP contribution is 2.30. The summed E-state index contributed by atoms with van der Waals surface area (Å²) in [5, 5.41) is 18.1. The van der Waals surface area contributed by atoms with Gasteiger partial charge in [0, 0.05) is 12.4 Å². The molecule has 4 nitrogen and oxygen atoms in total. The van der Waals surface area contributed by atoms with Crippen LogP contribution in [0, 0.1) is 0 Å². The number of nitrogens with zero attached hydrogens (tertiary/aromatic N) is 3. The molecular weight excluding hydrogens is 322 g/mol. The molecule has 1 heterocycles. The monoisotopic (exact) mass is 341 g/mol. The molecule has 0 saturated heterocycles. The van der Waals surface area contributed by atoms with Gasteiger partial charge in [0.05, 0.1) is 28.7 Å². The Balaban J connectivity index is 1.81. The Morgan fingerprint density at radius 2 is 1.35 bits per heavy atom. The number of hydrogen-bond acceptors (Lipinski definition) is 3. The second kappa shape index (κ2) is 6.76. The minimum Gasteiger partial charge on any atom is -0.494 e. The molecule has 0 radical (unpaired) electrons. The van der Waals surface area contributed by atoms with Crippen molar-refractivity contribution in [3.05, 3.63) is 90.5 Å². The van der Waals surface area contributed by atoms with Crippen LogP contribution in [0.25, 0.3) is 10.9 Å². The molecule has 0 aliphatic carbocycles. The van der Waals surface area contributed by atoms with Crippen LogP contribution in [0.4, 0.5) is 11.4 Å². The van der Waals surface area contributed by atoms with Crippen LogP contribution in [0.3, 0.4) is 0 Å². The zero-order chi connectivity index (χ0) is 17.9. The fourth-order valence-electron chi connectivity index (χ4n) is 3.07. The Morgan fingerprint density at radius 3 is 1.96 bits per heavy atom. The lowest BCUT2D eigenvalue weighted by Crippen LogP contribution is -2.09. The predicted octanol–water partition coefficient (Wildman–Crippen LogP) is 5.06. The first-order chi connectivity index (χ1) is 12.8. The summed E-state index contributed by atoms with van der Waals surface area (Å²) in [6.07, 6.45) is 1.72. The van der Waals surface area contributed by atoms with Gasteiger partial charge in [-0.3, -0.25) is 0 Å². The lowest BCUT2D eigenvalue weighted by Gasteiger charge is -2.19. The molecule has 0 amide bonds. The molecule has 0 unspecified atom stereocenters. The SMILES string of the molecule is Cn1c(O)c(/C=N/N(c2ccccc2)c2ccccc2)c2ccccc21. The molecule has 4 rings (SSSR count). The maximum Gasteiger partial charge on any atom is 0.200 e. The number of rotatable bonds is 4. The topological polar surface area (TPSA) is 40.8 Å². The molecule has 4 aromatic rings. The van der Waals surface area contributed by atoms with Crippen molar-refractivity contribution < 1.29 is 5.11 Å². The number of aryl methyl sites for hydroxylation is 1. The number of hydrazone groups is 1. The summed E-state index contributed by atoms with van der Waals surface area (Å²) >= 11 is 0.